The first-order chi connectivity index (χ1) is 14.5. The number of benzene rings is 2. The fourth-order valence-corrected chi connectivity index (χ4v) is 3.45. The molecule has 1 aliphatic heterocycles. The van der Waals surface area contributed by atoms with Gasteiger partial charge in [0, 0.05) is 41.6 Å². The lowest BCUT2D eigenvalue weighted by atomic mass is 10.1. The van der Waals surface area contributed by atoms with Crippen molar-refractivity contribution in [2.75, 3.05) is 42.4 Å². The van der Waals surface area contributed by atoms with Crippen molar-refractivity contribution in [1.29, 1.82) is 0 Å². The van der Waals surface area contributed by atoms with Crippen molar-refractivity contribution in [3.05, 3.63) is 53.0 Å². The molecule has 1 aliphatic rings. The van der Waals surface area contributed by atoms with Crippen molar-refractivity contribution in [2.24, 2.45) is 5.92 Å². The number of amides is 3. The average Bonchev–Trinajstić information content (AvgIpc) is 3.10. The van der Waals surface area contributed by atoms with Crippen LogP contribution >= 0.6 is 15.9 Å². The molecule has 1 atom stereocenters. The van der Waals surface area contributed by atoms with E-state index < -0.39 is 12.0 Å². The zero-order valence-corrected chi connectivity index (χ0v) is 18.0. The maximum Gasteiger partial charge on any atom is 0.411 e. The Balaban J connectivity index is 1.58. The van der Waals surface area contributed by atoms with Crippen LogP contribution in [0.25, 0.3) is 0 Å². The normalized spacial score (nSPS) is 15.7. The van der Waals surface area contributed by atoms with Crippen LogP contribution in [-0.2, 0) is 19.1 Å². The van der Waals surface area contributed by atoms with Crippen molar-refractivity contribution >= 4 is 50.9 Å². The van der Waals surface area contributed by atoms with Gasteiger partial charge < -0.3 is 19.7 Å². The largest absolute Gasteiger partial charge is 0.447 e. The fourth-order valence-electron chi connectivity index (χ4n) is 3.07. The van der Waals surface area contributed by atoms with Crippen LogP contribution in [0.1, 0.15) is 6.42 Å². The third-order valence-electron chi connectivity index (χ3n) is 4.51. The van der Waals surface area contributed by atoms with Gasteiger partial charge in [-0.15, -0.1) is 0 Å². The second kappa shape index (κ2) is 10.2. The number of nitrogens with one attached hydrogen (secondary N) is 2. The summed E-state index contributed by atoms with van der Waals surface area (Å²) < 4.78 is 10.6. The highest BCUT2D eigenvalue weighted by Crippen LogP contribution is 2.28. The molecule has 1 fully saturated rings. The molecule has 158 valence electrons. The molecule has 1 unspecified atom stereocenters. The summed E-state index contributed by atoms with van der Waals surface area (Å²) in [7, 11) is 1.52. The molecule has 3 amide bonds. The van der Waals surface area contributed by atoms with Gasteiger partial charge in [0.1, 0.15) is 6.61 Å². The highest BCUT2D eigenvalue weighted by molar-refractivity contribution is 9.10. The first-order valence-corrected chi connectivity index (χ1v) is 10.1. The summed E-state index contributed by atoms with van der Waals surface area (Å²) in [6, 6.07) is 14.1. The van der Waals surface area contributed by atoms with Crippen LogP contribution in [0.4, 0.5) is 21.9 Å². The highest BCUT2D eigenvalue weighted by atomic mass is 79.9. The molecule has 0 radical (unpaired) electrons. The molecule has 0 saturated carbocycles. The van der Waals surface area contributed by atoms with Gasteiger partial charge in [-0.25, -0.2) is 4.79 Å². The molecular formula is C21H22BrN3O5. The number of rotatable bonds is 7. The molecule has 1 saturated heterocycles. The van der Waals surface area contributed by atoms with E-state index >= 15 is 0 Å². The summed E-state index contributed by atoms with van der Waals surface area (Å²) >= 11 is 3.40. The standard InChI is InChI=1S/C21H22BrN3O5/c1-29-8-9-30-21(28)24-17-6-3-5-16(12-17)23-20(27)14-10-19(26)25(13-14)18-7-2-4-15(22)11-18/h2-7,11-12,14H,8-10,13H2,1H3,(H,23,27)(H,24,28). The molecule has 0 spiro atoms. The molecule has 0 aromatic heterocycles. The van der Waals surface area contributed by atoms with Gasteiger partial charge in [0.05, 0.1) is 12.5 Å². The van der Waals surface area contributed by atoms with Gasteiger partial charge in [-0.3, -0.25) is 14.9 Å². The molecule has 1 heterocycles. The van der Waals surface area contributed by atoms with Gasteiger partial charge in [-0.05, 0) is 36.4 Å². The molecule has 2 N–H and O–H groups in total. The van der Waals surface area contributed by atoms with Crippen molar-refractivity contribution in [2.45, 2.75) is 6.42 Å². The number of anilines is 3. The summed E-state index contributed by atoms with van der Waals surface area (Å²) in [5.41, 5.74) is 1.75. The van der Waals surface area contributed by atoms with Gasteiger partial charge in [-0.1, -0.05) is 28.1 Å². The quantitative estimate of drug-likeness (QED) is 0.595. The SMILES string of the molecule is COCCOC(=O)Nc1cccc(NC(=O)C2CC(=O)N(c3cccc(Br)c3)C2)c1. The minimum atomic E-state index is -0.610. The number of methoxy groups -OCH3 is 1. The number of hydrogen-bond acceptors (Lipinski definition) is 5. The van der Waals surface area contributed by atoms with Crippen LogP contribution in [-0.4, -0.2) is 44.8 Å². The lowest BCUT2D eigenvalue weighted by molar-refractivity contribution is -0.122. The van der Waals surface area contributed by atoms with Crippen molar-refractivity contribution in [1.82, 2.24) is 0 Å². The molecule has 8 nitrogen and oxygen atoms in total. The number of hydrogen-bond donors (Lipinski definition) is 2. The number of nitrogens with zero attached hydrogens (tertiary/aromatic N) is 1. The maximum atomic E-state index is 12.7. The van der Waals surface area contributed by atoms with E-state index in [1.165, 1.54) is 7.11 Å². The van der Waals surface area contributed by atoms with E-state index in [0.717, 1.165) is 10.2 Å². The van der Waals surface area contributed by atoms with Crippen LogP contribution in [0, 0.1) is 5.92 Å². The number of ether oxygens (including phenoxy) is 2. The van der Waals surface area contributed by atoms with Gasteiger partial charge in [0.15, 0.2) is 0 Å². The Hall–Kier alpha value is -2.91. The maximum absolute atomic E-state index is 12.7. The van der Waals surface area contributed by atoms with E-state index in [1.807, 2.05) is 24.3 Å². The van der Waals surface area contributed by atoms with E-state index in [0.29, 0.717) is 24.5 Å². The molecule has 0 aliphatic carbocycles. The first kappa shape index (κ1) is 21.8. The lowest BCUT2D eigenvalue weighted by Crippen LogP contribution is -2.28. The van der Waals surface area contributed by atoms with Crippen molar-refractivity contribution < 1.29 is 23.9 Å². The molecular weight excluding hydrogens is 454 g/mol. The zero-order chi connectivity index (χ0) is 21.5. The topological polar surface area (TPSA) is 97.0 Å². The monoisotopic (exact) mass is 475 g/mol. The minimum absolute atomic E-state index is 0.0949. The summed E-state index contributed by atoms with van der Waals surface area (Å²) in [6.07, 6.45) is -0.469. The zero-order valence-electron chi connectivity index (χ0n) is 16.4. The Morgan fingerprint density at radius 3 is 2.57 bits per heavy atom. The molecule has 3 rings (SSSR count). The Morgan fingerprint density at radius 2 is 1.83 bits per heavy atom. The van der Waals surface area contributed by atoms with Crippen LogP contribution in [0.2, 0.25) is 0 Å². The Bertz CT molecular complexity index is 936. The van der Waals surface area contributed by atoms with Gasteiger partial charge >= 0.3 is 6.09 Å². The molecule has 0 bridgehead atoms. The van der Waals surface area contributed by atoms with Crippen LogP contribution in [0.3, 0.4) is 0 Å². The van der Waals surface area contributed by atoms with Gasteiger partial charge in [-0.2, -0.15) is 0 Å². The van der Waals surface area contributed by atoms with E-state index in [1.54, 1.807) is 29.2 Å². The molecule has 9 heteroatoms. The average molecular weight is 476 g/mol. The van der Waals surface area contributed by atoms with E-state index in [2.05, 4.69) is 26.6 Å². The van der Waals surface area contributed by atoms with Crippen LogP contribution in [0.15, 0.2) is 53.0 Å². The molecule has 2 aromatic carbocycles. The van der Waals surface area contributed by atoms with E-state index in [4.69, 9.17) is 9.47 Å². The Kier molecular flexibility index (Phi) is 7.42. The molecule has 2 aromatic rings. The lowest BCUT2D eigenvalue weighted by Gasteiger charge is -2.17. The van der Waals surface area contributed by atoms with E-state index in [9.17, 15) is 14.4 Å². The Labute approximate surface area is 182 Å². The summed E-state index contributed by atoms with van der Waals surface area (Å²) in [5.74, 6) is -0.810. The van der Waals surface area contributed by atoms with Crippen molar-refractivity contribution in [3.8, 4) is 0 Å². The molecule has 30 heavy (non-hydrogen) atoms. The minimum Gasteiger partial charge on any atom is -0.447 e. The third kappa shape index (κ3) is 5.80. The summed E-state index contributed by atoms with van der Waals surface area (Å²) in [5, 5.41) is 5.40. The second-order valence-corrected chi connectivity index (χ2v) is 7.62. The van der Waals surface area contributed by atoms with Gasteiger partial charge in [0.25, 0.3) is 0 Å². The number of halogens is 1. The fraction of sp³-hybridized carbons (Fsp3) is 0.286. The second-order valence-electron chi connectivity index (χ2n) is 6.71. The van der Waals surface area contributed by atoms with E-state index in [-0.39, 0.29) is 24.8 Å². The summed E-state index contributed by atoms with van der Waals surface area (Å²) in [6.45, 7) is 0.758. The predicted molar refractivity (Wildman–Crippen MR) is 117 cm³/mol. The Morgan fingerprint density at radius 1 is 1.10 bits per heavy atom. The first-order valence-electron chi connectivity index (χ1n) is 9.36. The third-order valence-corrected chi connectivity index (χ3v) is 5.01. The van der Waals surface area contributed by atoms with Crippen LogP contribution < -0.4 is 15.5 Å². The highest BCUT2D eigenvalue weighted by Gasteiger charge is 2.35. The number of carbonyl (C=O) groups excluding carboxylic acids is 3. The predicted octanol–water partition coefficient (Wildman–Crippen LogP) is 3.64. The smallest absolute Gasteiger partial charge is 0.411 e. The van der Waals surface area contributed by atoms with Crippen LogP contribution in [0.5, 0.6) is 0 Å². The van der Waals surface area contributed by atoms with Crippen molar-refractivity contribution in [3.63, 3.8) is 0 Å². The summed E-state index contributed by atoms with van der Waals surface area (Å²) in [4.78, 5) is 38.4. The van der Waals surface area contributed by atoms with Gasteiger partial charge in [0.2, 0.25) is 11.8 Å². The number of carbonyl (C=O) groups is 3.